The van der Waals surface area contributed by atoms with E-state index in [4.69, 9.17) is 0 Å². The second-order valence-corrected chi connectivity index (χ2v) is 6.18. The van der Waals surface area contributed by atoms with Crippen molar-refractivity contribution in [2.45, 2.75) is 20.0 Å². The number of halogens is 4. The van der Waals surface area contributed by atoms with Crippen molar-refractivity contribution in [3.8, 4) is 11.6 Å². The van der Waals surface area contributed by atoms with Crippen LogP contribution in [0.4, 0.5) is 23.2 Å². The van der Waals surface area contributed by atoms with E-state index in [-0.39, 0.29) is 17.4 Å². The lowest BCUT2D eigenvalue weighted by molar-refractivity contribution is -0.154. The van der Waals surface area contributed by atoms with Crippen molar-refractivity contribution < 1.29 is 27.1 Å². The molecule has 29 heavy (non-hydrogen) atoms. The number of nitrogens with one attached hydrogen (secondary N) is 1. The smallest absolute Gasteiger partial charge is 0.422 e. The molecule has 2 heterocycles. The standard InChI is InChI=1S/C19H16F4N4O2/c1-11-17(12(2)27(26-11)15-6-3-13(20)4-7-15)18(28)25-14-5-8-16(24-9-14)29-10-19(21,22)23/h3-9H,10H2,1-2H3,(H,25,28). The number of benzene rings is 1. The SMILES string of the molecule is Cc1nn(-c2ccc(F)cc2)c(C)c1C(=O)Nc1ccc(OCC(F)(F)F)nc1. The number of alkyl halides is 3. The fourth-order valence-corrected chi connectivity index (χ4v) is 2.69. The van der Waals surface area contributed by atoms with Crippen LogP contribution < -0.4 is 10.1 Å². The zero-order valence-electron chi connectivity index (χ0n) is 15.4. The van der Waals surface area contributed by atoms with Crippen molar-refractivity contribution in [2.75, 3.05) is 11.9 Å². The van der Waals surface area contributed by atoms with Crippen LogP contribution in [0.3, 0.4) is 0 Å². The number of aromatic nitrogens is 3. The van der Waals surface area contributed by atoms with Gasteiger partial charge >= 0.3 is 6.18 Å². The molecule has 0 atom stereocenters. The van der Waals surface area contributed by atoms with Crippen LogP contribution in [-0.2, 0) is 0 Å². The summed E-state index contributed by atoms with van der Waals surface area (Å²) in [4.78, 5) is 16.4. The molecular weight excluding hydrogens is 392 g/mol. The molecule has 0 radical (unpaired) electrons. The lowest BCUT2D eigenvalue weighted by atomic mass is 10.2. The fourth-order valence-electron chi connectivity index (χ4n) is 2.69. The molecule has 3 aromatic rings. The number of aryl methyl sites for hydroxylation is 1. The summed E-state index contributed by atoms with van der Waals surface area (Å²) in [6, 6.07) is 8.27. The van der Waals surface area contributed by atoms with Gasteiger partial charge in [0, 0.05) is 6.07 Å². The number of rotatable bonds is 5. The van der Waals surface area contributed by atoms with Gasteiger partial charge in [-0.25, -0.2) is 14.1 Å². The van der Waals surface area contributed by atoms with Gasteiger partial charge < -0.3 is 10.1 Å². The average molecular weight is 408 g/mol. The molecule has 1 N–H and O–H groups in total. The Balaban J connectivity index is 1.75. The van der Waals surface area contributed by atoms with E-state index in [0.29, 0.717) is 22.6 Å². The Labute approximate surface area is 163 Å². The third-order valence-corrected chi connectivity index (χ3v) is 3.97. The molecule has 10 heteroatoms. The monoisotopic (exact) mass is 408 g/mol. The summed E-state index contributed by atoms with van der Waals surface area (Å²) in [5, 5.41) is 6.95. The molecule has 0 saturated heterocycles. The van der Waals surface area contributed by atoms with Crippen LogP contribution in [0.5, 0.6) is 5.88 Å². The van der Waals surface area contributed by atoms with Crippen molar-refractivity contribution in [1.29, 1.82) is 0 Å². The Morgan fingerprint density at radius 2 is 1.83 bits per heavy atom. The molecular formula is C19H16F4N4O2. The van der Waals surface area contributed by atoms with Crippen LogP contribution in [-0.4, -0.2) is 33.5 Å². The van der Waals surface area contributed by atoms with E-state index in [1.807, 2.05) is 0 Å². The van der Waals surface area contributed by atoms with Crippen molar-refractivity contribution in [1.82, 2.24) is 14.8 Å². The number of hydrogen-bond donors (Lipinski definition) is 1. The molecule has 2 aromatic heterocycles. The van der Waals surface area contributed by atoms with Crippen molar-refractivity contribution in [2.24, 2.45) is 0 Å². The summed E-state index contributed by atoms with van der Waals surface area (Å²) in [6.45, 7) is 1.91. The Kier molecular flexibility index (Phi) is 5.53. The zero-order valence-corrected chi connectivity index (χ0v) is 15.4. The summed E-state index contributed by atoms with van der Waals surface area (Å²) in [6.07, 6.45) is -3.27. The molecule has 152 valence electrons. The maximum Gasteiger partial charge on any atom is 0.422 e. The van der Waals surface area contributed by atoms with E-state index in [1.54, 1.807) is 26.0 Å². The number of nitrogens with zero attached hydrogens (tertiary/aromatic N) is 3. The summed E-state index contributed by atoms with van der Waals surface area (Å²) in [7, 11) is 0. The lowest BCUT2D eigenvalue weighted by Crippen LogP contribution is -2.19. The van der Waals surface area contributed by atoms with Crippen molar-refractivity contribution in [3.63, 3.8) is 0 Å². The predicted octanol–water partition coefficient (Wildman–Crippen LogP) is 4.22. The molecule has 3 rings (SSSR count). The van der Waals surface area contributed by atoms with Crippen molar-refractivity contribution in [3.05, 3.63) is 65.4 Å². The van der Waals surface area contributed by atoms with Gasteiger partial charge in [-0.15, -0.1) is 0 Å². The third-order valence-electron chi connectivity index (χ3n) is 3.97. The van der Waals surface area contributed by atoms with Crippen molar-refractivity contribution >= 4 is 11.6 Å². The minimum atomic E-state index is -4.46. The van der Waals surface area contributed by atoms with Crippen LogP contribution in [0, 0.1) is 19.7 Å². The van der Waals surface area contributed by atoms with Crippen LogP contribution >= 0.6 is 0 Å². The zero-order chi connectivity index (χ0) is 21.2. The van der Waals surface area contributed by atoms with Gasteiger partial charge in [0.25, 0.3) is 5.91 Å². The molecule has 0 unspecified atom stereocenters. The largest absolute Gasteiger partial charge is 0.468 e. The van der Waals surface area contributed by atoms with Crippen LogP contribution in [0.1, 0.15) is 21.7 Å². The second-order valence-electron chi connectivity index (χ2n) is 6.18. The Morgan fingerprint density at radius 1 is 1.14 bits per heavy atom. The highest BCUT2D eigenvalue weighted by molar-refractivity contribution is 6.05. The summed E-state index contributed by atoms with van der Waals surface area (Å²) < 4.78 is 55.7. The Bertz CT molecular complexity index is 1010. The number of ether oxygens (including phenoxy) is 1. The topological polar surface area (TPSA) is 69.0 Å². The van der Waals surface area contributed by atoms with Gasteiger partial charge in [-0.1, -0.05) is 0 Å². The number of anilines is 1. The quantitative estimate of drug-likeness (QED) is 0.642. The molecule has 0 bridgehead atoms. The molecule has 6 nitrogen and oxygen atoms in total. The predicted molar refractivity (Wildman–Crippen MR) is 96.7 cm³/mol. The molecule has 1 aromatic carbocycles. The molecule has 1 amide bonds. The van der Waals surface area contributed by atoms with Crippen LogP contribution in [0.15, 0.2) is 42.6 Å². The fraction of sp³-hybridized carbons (Fsp3) is 0.211. The maximum absolute atomic E-state index is 13.1. The number of pyridine rings is 1. The van der Waals surface area contributed by atoms with E-state index in [1.165, 1.54) is 35.1 Å². The molecule has 0 aliphatic heterocycles. The van der Waals surface area contributed by atoms with E-state index in [9.17, 15) is 22.4 Å². The van der Waals surface area contributed by atoms with Crippen LogP contribution in [0.25, 0.3) is 5.69 Å². The first-order chi connectivity index (χ1) is 13.6. The first kappa shape index (κ1) is 20.3. The molecule has 0 aliphatic carbocycles. The van der Waals surface area contributed by atoms with Crippen LogP contribution in [0.2, 0.25) is 0 Å². The summed E-state index contributed by atoms with van der Waals surface area (Å²) >= 11 is 0. The Hall–Kier alpha value is -3.43. The normalized spacial score (nSPS) is 11.4. The minimum absolute atomic E-state index is 0.211. The highest BCUT2D eigenvalue weighted by Gasteiger charge is 2.28. The summed E-state index contributed by atoms with van der Waals surface area (Å²) in [5.74, 6) is -1.06. The molecule has 0 spiro atoms. The van der Waals surface area contributed by atoms with E-state index in [2.05, 4.69) is 20.1 Å². The van der Waals surface area contributed by atoms with Gasteiger partial charge in [-0.2, -0.15) is 18.3 Å². The average Bonchev–Trinajstić information content (AvgIpc) is 2.95. The van der Waals surface area contributed by atoms with Gasteiger partial charge in [-0.05, 0) is 44.2 Å². The van der Waals surface area contributed by atoms with Gasteiger partial charge in [0.2, 0.25) is 5.88 Å². The first-order valence-electron chi connectivity index (χ1n) is 8.43. The number of carbonyl (C=O) groups excluding carboxylic acids is 1. The minimum Gasteiger partial charge on any atom is -0.468 e. The maximum atomic E-state index is 13.1. The number of amides is 1. The van der Waals surface area contributed by atoms with Gasteiger partial charge in [0.05, 0.1) is 34.5 Å². The van der Waals surface area contributed by atoms with Gasteiger partial charge in [0.1, 0.15) is 5.82 Å². The van der Waals surface area contributed by atoms with E-state index < -0.39 is 18.7 Å². The Morgan fingerprint density at radius 3 is 2.41 bits per heavy atom. The van der Waals surface area contributed by atoms with E-state index >= 15 is 0 Å². The number of carbonyl (C=O) groups is 1. The lowest BCUT2D eigenvalue weighted by Gasteiger charge is -2.09. The molecule has 0 fully saturated rings. The third kappa shape index (κ3) is 4.89. The highest BCUT2D eigenvalue weighted by atomic mass is 19.4. The van der Waals surface area contributed by atoms with Gasteiger partial charge in [0.15, 0.2) is 6.61 Å². The van der Waals surface area contributed by atoms with Gasteiger partial charge in [-0.3, -0.25) is 4.79 Å². The molecule has 0 aliphatic rings. The highest BCUT2D eigenvalue weighted by Crippen LogP contribution is 2.21. The van der Waals surface area contributed by atoms with E-state index in [0.717, 1.165) is 0 Å². The first-order valence-corrected chi connectivity index (χ1v) is 8.43. The molecule has 0 saturated carbocycles. The summed E-state index contributed by atoms with van der Waals surface area (Å²) in [5.41, 5.74) is 2.21. The second kappa shape index (κ2) is 7.90. The number of hydrogen-bond acceptors (Lipinski definition) is 4.